The molecule has 2 rings (SSSR count). The third-order valence-corrected chi connectivity index (χ3v) is 5.29. The van der Waals surface area contributed by atoms with Gasteiger partial charge in [-0.15, -0.1) is 4.37 Å². The fourth-order valence-electron chi connectivity index (χ4n) is 3.08. The molecule has 0 aliphatic carbocycles. The Morgan fingerprint density at radius 1 is 1.36 bits per heavy atom. The number of hydrogen-bond acceptors (Lipinski definition) is 6. The standard InChI is InChI=1S/C18H30N3O3S/c1-5-6-7-8-12-23-18-17(19-25-20-18)16-10-9-11-21(4,13-16)14(2)24-15(3)22/h10,14H,5-9,11-13H2,1-4H3/q+1/t14-,21?/m0/s1. The first-order valence-corrected chi connectivity index (χ1v) is 9.85. The lowest BCUT2D eigenvalue weighted by atomic mass is 10.0. The Morgan fingerprint density at radius 2 is 2.16 bits per heavy atom. The maximum Gasteiger partial charge on any atom is 0.307 e. The van der Waals surface area contributed by atoms with Crippen molar-refractivity contribution in [3.8, 4) is 5.88 Å². The van der Waals surface area contributed by atoms with Gasteiger partial charge in [-0.25, -0.2) is 0 Å². The van der Waals surface area contributed by atoms with E-state index >= 15 is 0 Å². The Bertz CT molecular complexity index is 602. The normalized spacial score (nSPS) is 21.5. The van der Waals surface area contributed by atoms with Crippen molar-refractivity contribution in [2.45, 2.75) is 59.1 Å². The van der Waals surface area contributed by atoms with E-state index in [0.29, 0.717) is 17.0 Å². The van der Waals surface area contributed by atoms with E-state index in [0.717, 1.165) is 37.2 Å². The topological polar surface area (TPSA) is 61.3 Å². The van der Waals surface area contributed by atoms with Gasteiger partial charge in [0.1, 0.15) is 12.2 Å². The van der Waals surface area contributed by atoms with Gasteiger partial charge in [0.25, 0.3) is 5.88 Å². The van der Waals surface area contributed by atoms with Crippen molar-refractivity contribution in [1.29, 1.82) is 0 Å². The minimum atomic E-state index is -0.241. The van der Waals surface area contributed by atoms with Gasteiger partial charge < -0.3 is 9.47 Å². The number of likely N-dealkylation sites (N-methyl/N-ethyl adjacent to an activating group) is 1. The summed E-state index contributed by atoms with van der Waals surface area (Å²) in [6, 6.07) is 0. The lowest BCUT2D eigenvalue weighted by Crippen LogP contribution is -2.55. The summed E-state index contributed by atoms with van der Waals surface area (Å²) in [5.74, 6) is 0.399. The summed E-state index contributed by atoms with van der Waals surface area (Å²) in [5, 5.41) is 0. The zero-order chi connectivity index (χ0) is 18.3. The van der Waals surface area contributed by atoms with E-state index in [1.807, 2.05) is 6.92 Å². The molecule has 1 aliphatic heterocycles. The molecule has 1 aliphatic rings. The highest BCUT2D eigenvalue weighted by molar-refractivity contribution is 6.99. The average molecular weight is 369 g/mol. The Labute approximate surface area is 154 Å². The molecule has 7 heteroatoms. The molecule has 0 saturated carbocycles. The van der Waals surface area contributed by atoms with Crippen molar-refractivity contribution in [3.05, 3.63) is 11.8 Å². The van der Waals surface area contributed by atoms with Crippen LogP contribution in [0.5, 0.6) is 5.88 Å². The van der Waals surface area contributed by atoms with Gasteiger partial charge in [0.2, 0.25) is 6.23 Å². The molecule has 0 amide bonds. The van der Waals surface area contributed by atoms with Crippen molar-refractivity contribution in [1.82, 2.24) is 8.75 Å². The van der Waals surface area contributed by atoms with Crippen LogP contribution in [0.2, 0.25) is 0 Å². The maximum atomic E-state index is 11.3. The summed E-state index contributed by atoms with van der Waals surface area (Å²) in [5.41, 5.74) is 1.98. The fraction of sp³-hybridized carbons (Fsp3) is 0.722. The molecule has 0 saturated heterocycles. The molecule has 0 aromatic carbocycles. The van der Waals surface area contributed by atoms with Gasteiger partial charge in [0.15, 0.2) is 0 Å². The van der Waals surface area contributed by atoms with Crippen LogP contribution in [0.4, 0.5) is 0 Å². The maximum absolute atomic E-state index is 11.3. The molecule has 0 radical (unpaired) electrons. The number of nitrogens with zero attached hydrogens (tertiary/aromatic N) is 3. The van der Waals surface area contributed by atoms with E-state index in [2.05, 4.69) is 28.8 Å². The molecule has 0 N–H and O–H groups in total. The second-order valence-corrected chi connectivity index (χ2v) is 7.44. The van der Waals surface area contributed by atoms with E-state index in [9.17, 15) is 4.79 Å². The first kappa shape index (κ1) is 19.8. The molecule has 2 heterocycles. The molecule has 0 spiro atoms. The lowest BCUT2D eigenvalue weighted by molar-refractivity contribution is -0.944. The third-order valence-electron chi connectivity index (χ3n) is 4.78. The Hall–Kier alpha value is -1.47. The van der Waals surface area contributed by atoms with Gasteiger partial charge in [-0.05, 0) is 6.42 Å². The van der Waals surface area contributed by atoms with Gasteiger partial charge >= 0.3 is 5.97 Å². The Balaban J connectivity index is 2.00. The smallest absolute Gasteiger partial charge is 0.307 e. The molecule has 1 unspecified atom stereocenters. The first-order valence-electron chi connectivity index (χ1n) is 9.12. The number of esters is 1. The van der Waals surface area contributed by atoms with Gasteiger partial charge in [-0.1, -0.05) is 32.3 Å². The van der Waals surface area contributed by atoms with Crippen molar-refractivity contribution >= 4 is 23.3 Å². The predicted octanol–water partition coefficient (Wildman–Crippen LogP) is 3.64. The van der Waals surface area contributed by atoms with Crippen LogP contribution in [0.1, 0.15) is 58.6 Å². The quantitative estimate of drug-likeness (QED) is 0.378. The summed E-state index contributed by atoms with van der Waals surface area (Å²) in [7, 11) is 2.12. The molecule has 0 bridgehead atoms. The lowest BCUT2D eigenvalue weighted by Gasteiger charge is -2.41. The molecule has 25 heavy (non-hydrogen) atoms. The van der Waals surface area contributed by atoms with Crippen molar-refractivity contribution in [2.75, 3.05) is 26.7 Å². The molecule has 1 aromatic heterocycles. The zero-order valence-electron chi connectivity index (χ0n) is 15.8. The predicted molar refractivity (Wildman–Crippen MR) is 99.3 cm³/mol. The minimum absolute atomic E-state index is 0.189. The Morgan fingerprint density at radius 3 is 2.88 bits per heavy atom. The van der Waals surface area contributed by atoms with Crippen LogP contribution in [-0.4, -0.2) is 52.2 Å². The second-order valence-electron chi connectivity index (χ2n) is 6.92. The molecule has 0 fully saturated rings. The Kier molecular flexibility index (Phi) is 7.38. The third kappa shape index (κ3) is 5.51. The highest BCUT2D eigenvalue weighted by atomic mass is 32.1. The van der Waals surface area contributed by atoms with E-state index in [4.69, 9.17) is 9.47 Å². The highest BCUT2D eigenvalue weighted by Crippen LogP contribution is 2.31. The fourth-order valence-corrected chi connectivity index (χ4v) is 3.62. The van der Waals surface area contributed by atoms with Crippen LogP contribution in [0, 0.1) is 0 Å². The van der Waals surface area contributed by atoms with E-state index < -0.39 is 0 Å². The molecule has 2 atom stereocenters. The summed E-state index contributed by atoms with van der Waals surface area (Å²) >= 11 is 1.19. The minimum Gasteiger partial charge on any atom is -0.475 e. The van der Waals surface area contributed by atoms with Crippen molar-refractivity contribution < 1.29 is 18.8 Å². The SMILES string of the molecule is CCCCCCOc1nsnc1C1=CCC[N+](C)([C@H](C)OC(C)=O)C1. The van der Waals surface area contributed by atoms with Crippen LogP contribution in [-0.2, 0) is 9.53 Å². The number of ether oxygens (including phenoxy) is 2. The molecule has 1 aromatic rings. The monoisotopic (exact) mass is 368 g/mol. The number of carbonyl (C=O) groups is 1. The van der Waals surface area contributed by atoms with Crippen LogP contribution in [0.15, 0.2) is 6.08 Å². The van der Waals surface area contributed by atoms with Gasteiger partial charge in [0.05, 0.1) is 31.9 Å². The van der Waals surface area contributed by atoms with E-state index in [-0.39, 0.29) is 12.2 Å². The molecule has 6 nitrogen and oxygen atoms in total. The van der Waals surface area contributed by atoms with Crippen LogP contribution < -0.4 is 4.74 Å². The van der Waals surface area contributed by atoms with Crippen molar-refractivity contribution in [2.24, 2.45) is 0 Å². The summed E-state index contributed by atoms with van der Waals surface area (Å²) in [6.45, 7) is 7.98. The van der Waals surface area contributed by atoms with Gasteiger partial charge in [-0.2, -0.15) is 4.37 Å². The van der Waals surface area contributed by atoms with Crippen LogP contribution in [0.3, 0.4) is 0 Å². The van der Waals surface area contributed by atoms with Crippen LogP contribution >= 0.6 is 11.7 Å². The number of quaternary nitrogens is 1. The largest absolute Gasteiger partial charge is 0.475 e. The number of unbranched alkanes of at least 4 members (excludes halogenated alkanes) is 3. The number of carbonyl (C=O) groups excluding carboxylic acids is 1. The summed E-state index contributed by atoms with van der Waals surface area (Å²) in [4.78, 5) is 11.3. The molecular formula is C18H30N3O3S+. The summed E-state index contributed by atoms with van der Waals surface area (Å²) in [6.07, 6.45) is 7.62. The summed E-state index contributed by atoms with van der Waals surface area (Å²) < 4.78 is 20.7. The molecule has 140 valence electrons. The van der Waals surface area contributed by atoms with Gasteiger partial charge in [0, 0.05) is 25.8 Å². The van der Waals surface area contributed by atoms with Gasteiger partial charge in [-0.3, -0.25) is 9.28 Å². The highest BCUT2D eigenvalue weighted by Gasteiger charge is 2.36. The zero-order valence-corrected chi connectivity index (χ0v) is 16.6. The number of aromatic nitrogens is 2. The van der Waals surface area contributed by atoms with Crippen molar-refractivity contribution in [3.63, 3.8) is 0 Å². The van der Waals surface area contributed by atoms with Crippen LogP contribution in [0.25, 0.3) is 5.57 Å². The number of rotatable bonds is 9. The second kappa shape index (κ2) is 9.29. The number of hydrogen-bond donors (Lipinski definition) is 0. The van der Waals surface area contributed by atoms with E-state index in [1.54, 1.807) is 0 Å². The molecular weight excluding hydrogens is 338 g/mol. The van der Waals surface area contributed by atoms with E-state index in [1.165, 1.54) is 37.9 Å². The first-order chi connectivity index (χ1) is 12.0. The average Bonchev–Trinajstić information content (AvgIpc) is 3.02.